The number of hydrogen-bond acceptors (Lipinski definition) is 4. The first-order chi connectivity index (χ1) is 12.6. The number of carbonyl (C=O) groups excluding carboxylic acids is 2. The van der Waals surface area contributed by atoms with E-state index >= 15 is 0 Å². The maximum absolute atomic E-state index is 12.9. The number of methoxy groups -OCH3 is 1. The van der Waals surface area contributed by atoms with Crippen LogP contribution in [0.5, 0.6) is 0 Å². The van der Waals surface area contributed by atoms with Crippen LogP contribution in [0.25, 0.3) is 0 Å². The molecular formula is C20H23N3O3. The fourth-order valence-electron chi connectivity index (χ4n) is 3.12. The van der Waals surface area contributed by atoms with Crippen LogP contribution in [0.2, 0.25) is 0 Å². The minimum Gasteiger partial charge on any atom is -0.380 e. The van der Waals surface area contributed by atoms with Gasteiger partial charge in [0.05, 0.1) is 12.5 Å². The molecule has 6 nitrogen and oxygen atoms in total. The highest BCUT2D eigenvalue weighted by atomic mass is 16.5. The summed E-state index contributed by atoms with van der Waals surface area (Å²) in [5, 5.41) is 2.80. The molecule has 0 saturated carbocycles. The van der Waals surface area contributed by atoms with E-state index in [0.29, 0.717) is 17.8 Å². The van der Waals surface area contributed by atoms with Gasteiger partial charge in [0.25, 0.3) is 5.91 Å². The molecule has 6 heteroatoms. The van der Waals surface area contributed by atoms with Gasteiger partial charge in [0.1, 0.15) is 0 Å². The second-order valence-corrected chi connectivity index (χ2v) is 6.26. The molecule has 1 unspecified atom stereocenters. The van der Waals surface area contributed by atoms with E-state index in [1.165, 1.54) is 12.7 Å². The number of fused-ring (bicyclic) bond motifs is 1. The first-order valence-corrected chi connectivity index (χ1v) is 8.65. The van der Waals surface area contributed by atoms with Gasteiger partial charge in [-0.25, -0.2) is 0 Å². The number of nitrogens with one attached hydrogen (secondary N) is 1. The Kier molecular flexibility index (Phi) is 5.65. The summed E-state index contributed by atoms with van der Waals surface area (Å²) in [5.41, 5.74) is 8.80. The second-order valence-electron chi connectivity index (χ2n) is 6.26. The minimum absolute atomic E-state index is 0.0669. The fraction of sp³-hybridized carbons (Fsp3) is 0.300. The molecule has 1 aliphatic heterocycles. The lowest BCUT2D eigenvalue weighted by Gasteiger charge is -2.18. The van der Waals surface area contributed by atoms with Gasteiger partial charge in [-0.15, -0.1) is 0 Å². The minimum atomic E-state index is -0.319. The topological polar surface area (TPSA) is 84.7 Å². The van der Waals surface area contributed by atoms with E-state index < -0.39 is 0 Å². The first kappa shape index (κ1) is 18.1. The van der Waals surface area contributed by atoms with E-state index in [9.17, 15) is 9.59 Å². The van der Waals surface area contributed by atoms with Crippen molar-refractivity contribution in [3.8, 4) is 0 Å². The average Bonchev–Trinajstić information content (AvgIpc) is 3.09. The van der Waals surface area contributed by atoms with Gasteiger partial charge in [0.2, 0.25) is 5.91 Å². The average molecular weight is 353 g/mol. The van der Waals surface area contributed by atoms with E-state index in [1.54, 1.807) is 29.2 Å². The van der Waals surface area contributed by atoms with Crippen LogP contribution in [-0.2, 0) is 16.0 Å². The van der Waals surface area contributed by atoms with Crippen molar-refractivity contribution in [3.63, 3.8) is 0 Å². The van der Waals surface area contributed by atoms with Crippen LogP contribution in [0.4, 0.5) is 11.4 Å². The Morgan fingerprint density at radius 3 is 2.81 bits per heavy atom. The van der Waals surface area contributed by atoms with Crippen molar-refractivity contribution in [2.75, 3.05) is 30.4 Å². The normalized spacial score (nSPS) is 14.0. The quantitative estimate of drug-likeness (QED) is 0.834. The molecule has 0 bridgehead atoms. The lowest BCUT2D eigenvalue weighted by molar-refractivity contribution is -0.118. The maximum atomic E-state index is 12.9. The number of ether oxygens (including phenoxy) is 1. The number of anilines is 2. The molecule has 0 aliphatic carbocycles. The monoisotopic (exact) mass is 353 g/mol. The van der Waals surface area contributed by atoms with Crippen molar-refractivity contribution in [1.82, 2.24) is 0 Å². The predicted molar refractivity (Wildman–Crippen MR) is 101 cm³/mol. The molecule has 2 aromatic carbocycles. The summed E-state index contributed by atoms with van der Waals surface area (Å²) in [5.74, 6) is -0.263. The van der Waals surface area contributed by atoms with Crippen LogP contribution in [0, 0.1) is 0 Å². The van der Waals surface area contributed by atoms with Gasteiger partial charge in [-0.1, -0.05) is 24.3 Å². The molecule has 1 aliphatic rings. The largest absolute Gasteiger partial charge is 0.380 e. The summed E-state index contributed by atoms with van der Waals surface area (Å²) in [7, 11) is 1.53. The van der Waals surface area contributed by atoms with Crippen molar-refractivity contribution in [2.24, 2.45) is 5.73 Å². The van der Waals surface area contributed by atoms with Crippen molar-refractivity contribution >= 4 is 23.2 Å². The molecule has 0 saturated heterocycles. The number of rotatable bonds is 6. The van der Waals surface area contributed by atoms with Crippen molar-refractivity contribution in [1.29, 1.82) is 0 Å². The molecule has 2 amide bonds. The standard InChI is InChI=1S/C20H23N3O3/c1-26-17(13-21)12-19(24)22-16-7-4-6-15(11-16)20(25)23-10-9-14-5-2-3-8-18(14)23/h2-8,11,17H,9-10,12-13,21H2,1H3,(H,22,24). The van der Waals surface area contributed by atoms with Gasteiger partial charge in [-0.3, -0.25) is 9.59 Å². The van der Waals surface area contributed by atoms with E-state index in [0.717, 1.165) is 12.1 Å². The predicted octanol–water partition coefficient (Wildman–Crippen LogP) is 2.19. The SMILES string of the molecule is COC(CN)CC(=O)Nc1cccc(C(=O)N2CCc3ccccc32)c1. The number of amides is 2. The Labute approximate surface area is 152 Å². The van der Waals surface area contributed by atoms with Gasteiger partial charge in [0, 0.05) is 37.1 Å². The number of hydrogen-bond donors (Lipinski definition) is 2. The van der Waals surface area contributed by atoms with Gasteiger partial charge in [-0.05, 0) is 36.2 Å². The third kappa shape index (κ3) is 3.92. The molecule has 26 heavy (non-hydrogen) atoms. The highest BCUT2D eigenvalue weighted by Gasteiger charge is 2.25. The highest BCUT2D eigenvalue weighted by Crippen LogP contribution is 2.29. The van der Waals surface area contributed by atoms with Crippen LogP contribution in [0.3, 0.4) is 0 Å². The number of nitrogens with two attached hydrogens (primary N) is 1. The Balaban J connectivity index is 1.71. The zero-order valence-corrected chi connectivity index (χ0v) is 14.8. The Morgan fingerprint density at radius 1 is 1.23 bits per heavy atom. The molecular weight excluding hydrogens is 330 g/mol. The van der Waals surface area contributed by atoms with E-state index in [2.05, 4.69) is 5.32 Å². The van der Waals surface area contributed by atoms with Gasteiger partial charge in [-0.2, -0.15) is 0 Å². The van der Waals surface area contributed by atoms with Crippen molar-refractivity contribution in [3.05, 3.63) is 59.7 Å². The molecule has 1 heterocycles. The summed E-state index contributed by atoms with van der Waals surface area (Å²) in [6.07, 6.45) is 0.710. The summed E-state index contributed by atoms with van der Waals surface area (Å²) in [4.78, 5) is 26.8. The van der Waals surface area contributed by atoms with E-state index in [1.807, 2.05) is 24.3 Å². The zero-order valence-electron chi connectivity index (χ0n) is 14.8. The van der Waals surface area contributed by atoms with Gasteiger partial charge in [0.15, 0.2) is 0 Å². The van der Waals surface area contributed by atoms with E-state index in [4.69, 9.17) is 10.5 Å². The molecule has 0 spiro atoms. The second kappa shape index (κ2) is 8.12. The van der Waals surface area contributed by atoms with Crippen LogP contribution in [0.15, 0.2) is 48.5 Å². The molecule has 136 valence electrons. The van der Waals surface area contributed by atoms with Crippen LogP contribution in [-0.4, -0.2) is 38.1 Å². The van der Waals surface area contributed by atoms with Crippen molar-refractivity contribution < 1.29 is 14.3 Å². The van der Waals surface area contributed by atoms with Gasteiger partial charge >= 0.3 is 0 Å². The maximum Gasteiger partial charge on any atom is 0.258 e. The van der Waals surface area contributed by atoms with Crippen LogP contribution >= 0.6 is 0 Å². The molecule has 2 aromatic rings. The van der Waals surface area contributed by atoms with Crippen molar-refractivity contribution in [2.45, 2.75) is 18.9 Å². The fourth-order valence-corrected chi connectivity index (χ4v) is 3.12. The number of nitrogens with zero attached hydrogens (tertiary/aromatic N) is 1. The molecule has 3 N–H and O–H groups in total. The summed E-state index contributed by atoms with van der Waals surface area (Å²) in [6.45, 7) is 0.942. The Morgan fingerprint density at radius 2 is 2.04 bits per heavy atom. The number of para-hydroxylation sites is 1. The first-order valence-electron chi connectivity index (χ1n) is 8.65. The summed E-state index contributed by atoms with van der Waals surface area (Å²) in [6, 6.07) is 14.9. The molecule has 0 aromatic heterocycles. The molecule has 1 atom stereocenters. The summed E-state index contributed by atoms with van der Waals surface area (Å²) < 4.78 is 5.12. The molecule has 0 radical (unpaired) electrons. The third-order valence-corrected chi connectivity index (χ3v) is 4.53. The lowest BCUT2D eigenvalue weighted by Crippen LogP contribution is -2.29. The summed E-state index contributed by atoms with van der Waals surface area (Å²) >= 11 is 0. The zero-order chi connectivity index (χ0) is 18.5. The highest BCUT2D eigenvalue weighted by molar-refractivity contribution is 6.08. The third-order valence-electron chi connectivity index (χ3n) is 4.53. The number of carbonyl (C=O) groups is 2. The number of benzene rings is 2. The van der Waals surface area contributed by atoms with Crippen LogP contribution in [0.1, 0.15) is 22.3 Å². The Hall–Kier alpha value is -2.70. The van der Waals surface area contributed by atoms with Gasteiger partial charge < -0.3 is 20.7 Å². The molecule has 0 fully saturated rings. The van der Waals surface area contributed by atoms with E-state index in [-0.39, 0.29) is 30.9 Å². The molecule has 3 rings (SSSR count). The lowest BCUT2D eigenvalue weighted by atomic mass is 10.1. The Bertz CT molecular complexity index is 802. The van der Waals surface area contributed by atoms with Crippen LogP contribution < -0.4 is 16.0 Å². The smallest absolute Gasteiger partial charge is 0.258 e.